The average molecular weight is 335 g/mol. The van der Waals surface area contributed by atoms with Crippen molar-refractivity contribution in [1.82, 2.24) is 14.5 Å². The van der Waals surface area contributed by atoms with Crippen LogP contribution in [-0.4, -0.2) is 31.2 Å². The number of rotatable bonds is 5. The van der Waals surface area contributed by atoms with E-state index >= 15 is 0 Å². The van der Waals surface area contributed by atoms with Crippen LogP contribution in [0.2, 0.25) is 0 Å². The van der Waals surface area contributed by atoms with E-state index in [1.807, 2.05) is 24.3 Å². The monoisotopic (exact) mass is 335 g/mol. The summed E-state index contributed by atoms with van der Waals surface area (Å²) in [5.41, 5.74) is 1.00. The van der Waals surface area contributed by atoms with Gasteiger partial charge in [-0.25, -0.2) is 13.1 Å². The van der Waals surface area contributed by atoms with Crippen LogP contribution in [0.1, 0.15) is 17.9 Å². The molecule has 0 saturated heterocycles. The Kier molecular flexibility index (Phi) is 3.85. The van der Waals surface area contributed by atoms with Crippen molar-refractivity contribution < 1.29 is 17.9 Å². The highest BCUT2D eigenvalue weighted by Gasteiger charge is 2.45. The van der Waals surface area contributed by atoms with Crippen LogP contribution < -0.4 is 9.46 Å². The highest BCUT2D eigenvalue weighted by Crippen LogP contribution is 2.47. The summed E-state index contributed by atoms with van der Waals surface area (Å²) in [5, 5.41) is 3.80. The predicted octanol–water partition coefficient (Wildman–Crippen LogP) is 1.04. The molecule has 0 spiro atoms. The van der Waals surface area contributed by atoms with Gasteiger partial charge in [-0.2, -0.15) is 5.10 Å². The highest BCUT2D eigenvalue weighted by molar-refractivity contribution is 7.90. The maximum atomic E-state index is 12.2. The van der Waals surface area contributed by atoms with Crippen LogP contribution in [0.3, 0.4) is 0 Å². The number of nitrogens with one attached hydrogen (secondary N) is 1. The van der Waals surface area contributed by atoms with Crippen LogP contribution in [0.25, 0.3) is 0 Å². The third-order valence-electron chi connectivity index (χ3n) is 3.90. The number of hydrogen-bond donors (Lipinski definition) is 1. The predicted molar refractivity (Wildman–Crippen MR) is 82.4 cm³/mol. The second kappa shape index (κ2) is 5.69. The lowest BCUT2D eigenvalue weighted by Crippen LogP contribution is -2.31. The van der Waals surface area contributed by atoms with Crippen molar-refractivity contribution in [2.24, 2.45) is 13.0 Å². The molecule has 2 aromatic rings. The third kappa shape index (κ3) is 3.21. The van der Waals surface area contributed by atoms with Gasteiger partial charge >= 0.3 is 0 Å². The highest BCUT2D eigenvalue weighted by atomic mass is 32.2. The molecule has 0 radical (unpaired) electrons. The zero-order valence-corrected chi connectivity index (χ0v) is 13.6. The summed E-state index contributed by atoms with van der Waals surface area (Å²) in [4.78, 5) is 12.1. The number of nitrogens with zero attached hydrogens (tertiary/aromatic N) is 2. The van der Waals surface area contributed by atoms with Crippen molar-refractivity contribution >= 4 is 15.9 Å². The average Bonchev–Trinajstić information content (AvgIpc) is 3.21. The SMILES string of the molecule is COc1ccc([C@@H]2C[C@H]2C(=O)NS(=O)(=O)c2cnn(C)c2)cc1. The van der Waals surface area contributed by atoms with Crippen molar-refractivity contribution in [2.45, 2.75) is 17.2 Å². The molecule has 1 saturated carbocycles. The molecule has 3 rings (SSSR count). The molecule has 1 N–H and O–H groups in total. The molecule has 0 bridgehead atoms. The third-order valence-corrected chi connectivity index (χ3v) is 5.20. The number of carbonyl (C=O) groups is 1. The molecule has 8 heteroatoms. The number of aryl methyl sites for hydroxylation is 1. The van der Waals surface area contributed by atoms with Crippen molar-refractivity contribution in [3.05, 3.63) is 42.2 Å². The summed E-state index contributed by atoms with van der Waals surface area (Å²) in [6.07, 6.45) is 3.20. The molecule has 1 aliphatic rings. The molecule has 1 aromatic carbocycles. The second-order valence-corrected chi connectivity index (χ2v) is 7.22. The van der Waals surface area contributed by atoms with E-state index in [0.717, 1.165) is 11.3 Å². The van der Waals surface area contributed by atoms with E-state index in [0.29, 0.717) is 6.42 Å². The number of aromatic nitrogens is 2. The van der Waals surface area contributed by atoms with Gasteiger partial charge in [-0.15, -0.1) is 0 Å². The summed E-state index contributed by atoms with van der Waals surface area (Å²) in [7, 11) is -0.661. The first-order valence-corrected chi connectivity index (χ1v) is 8.58. The Labute approximate surface area is 134 Å². The Morgan fingerprint density at radius 1 is 1.35 bits per heavy atom. The first-order chi connectivity index (χ1) is 10.9. The van der Waals surface area contributed by atoms with Gasteiger partial charge in [0.05, 0.1) is 13.3 Å². The smallest absolute Gasteiger partial charge is 0.267 e. The lowest BCUT2D eigenvalue weighted by Gasteiger charge is -2.05. The van der Waals surface area contributed by atoms with Gasteiger partial charge in [0.15, 0.2) is 0 Å². The normalized spacial score (nSPS) is 20.1. The summed E-state index contributed by atoms with van der Waals surface area (Å²) in [6.45, 7) is 0. The molecule has 1 heterocycles. The molecular weight excluding hydrogens is 318 g/mol. The fraction of sp³-hybridized carbons (Fsp3) is 0.333. The largest absolute Gasteiger partial charge is 0.497 e. The van der Waals surface area contributed by atoms with Crippen molar-refractivity contribution in [3.8, 4) is 5.75 Å². The van der Waals surface area contributed by atoms with Gasteiger partial charge < -0.3 is 4.74 Å². The molecule has 2 atom stereocenters. The van der Waals surface area contributed by atoms with E-state index in [1.54, 1.807) is 14.2 Å². The fourth-order valence-corrected chi connectivity index (χ4v) is 3.52. The maximum Gasteiger partial charge on any atom is 0.267 e. The maximum absolute atomic E-state index is 12.2. The first-order valence-electron chi connectivity index (χ1n) is 7.10. The molecule has 1 fully saturated rings. The number of carbonyl (C=O) groups excluding carboxylic acids is 1. The molecule has 122 valence electrons. The van der Waals surface area contributed by atoms with E-state index in [2.05, 4.69) is 9.82 Å². The zero-order valence-electron chi connectivity index (χ0n) is 12.8. The molecule has 7 nitrogen and oxygen atoms in total. The van der Waals surface area contributed by atoms with Gasteiger partial charge in [0, 0.05) is 19.2 Å². The van der Waals surface area contributed by atoms with E-state index in [-0.39, 0.29) is 16.7 Å². The number of sulfonamides is 1. The van der Waals surface area contributed by atoms with Gasteiger partial charge in [-0.1, -0.05) is 12.1 Å². The summed E-state index contributed by atoms with van der Waals surface area (Å²) in [6, 6.07) is 7.45. The minimum absolute atomic E-state index is 0.0185. The van der Waals surface area contributed by atoms with Gasteiger partial charge in [0.2, 0.25) is 5.91 Å². The Hall–Kier alpha value is -2.35. The van der Waals surface area contributed by atoms with Crippen molar-refractivity contribution in [2.75, 3.05) is 7.11 Å². The van der Waals surface area contributed by atoms with E-state index in [4.69, 9.17) is 4.74 Å². The standard InChI is InChI=1S/C15H17N3O4S/c1-18-9-12(8-16-18)23(20,21)17-15(19)14-7-13(14)10-3-5-11(22-2)6-4-10/h3-6,8-9,13-14H,7H2,1-2H3,(H,17,19)/t13-,14+/m0/s1. The molecular formula is C15H17N3O4S. The van der Waals surface area contributed by atoms with Gasteiger partial charge in [0.1, 0.15) is 10.6 Å². The van der Waals surface area contributed by atoms with Crippen molar-refractivity contribution in [1.29, 1.82) is 0 Å². The number of amides is 1. The van der Waals surface area contributed by atoms with E-state index in [1.165, 1.54) is 17.1 Å². The lowest BCUT2D eigenvalue weighted by molar-refractivity contribution is -0.120. The van der Waals surface area contributed by atoms with Crippen LogP contribution in [0.15, 0.2) is 41.6 Å². The fourth-order valence-electron chi connectivity index (χ4n) is 2.51. The molecule has 1 amide bonds. The Morgan fingerprint density at radius 2 is 2.04 bits per heavy atom. The zero-order chi connectivity index (χ0) is 16.6. The van der Waals surface area contributed by atoms with Gasteiger partial charge in [-0.3, -0.25) is 9.48 Å². The molecule has 23 heavy (non-hydrogen) atoms. The lowest BCUT2D eigenvalue weighted by atomic mass is 10.1. The topological polar surface area (TPSA) is 90.3 Å². The van der Waals surface area contributed by atoms with E-state index < -0.39 is 15.9 Å². The minimum atomic E-state index is -3.86. The van der Waals surface area contributed by atoms with Crippen LogP contribution in [-0.2, 0) is 21.9 Å². The number of methoxy groups -OCH3 is 1. The number of benzene rings is 1. The van der Waals surface area contributed by atoms with Gasteiger partial charge in [0.25, 0.3) is 10.0 Å². The van der Waals surface area contributed by atoms with Crippen LogP contribution in [0.4, 0.5) is 0 Å². The van der Waals surface area contributed by atoms with Crippen LogP contribution in [0, 0.1) is 5.92 Å². The first kappa shape index (κ1) is 15.5. The summed E-state index contributed by atoms with van der Waals surface area (Å²) in [5.74, 6) is -0.0101. The summed E-state index contributed by atoms with van der Waals surface area (Å²) >= 11 is 0. The summed E-state index contributed by atoms with van der Waals surface area (Å²) < 4.78 is 32.8. The molecule has 0 unspecified atom stereocenters. The van der Waals surface area contributed by atoms with E-state index in [9.17, 15) is 13.2 Å². The molecule has 0 aliphatic heterocycles. The Balaban J connectivity index is 1.66. The quantitative estimate of drug-likeness (QED) is 0.881. The van der Waals surface area contributed by atoms with Crippen LogP contribution in [0.5, 0.6) is 5.75 Å². The molecule has 1 aromatic heterocycles. The van der Waals surface area contributed by atoms with Crippen molar-refractivity contribution in [3.63, 3.8) is 0 Å². The molecule has 1 aliphatic carbocycles. The van der Waals surface area contributed by atoms with Crippen LogP contribution >= 0.6 is 0 Å². The number of hydrogen-bond acceptors (Lipinski definition) is 5. The second-order valence-electron chi connectivity index (χ2n) is 5.54. The minimum Gasteiger partial charge on any atom is -0.497 e. The Bertz CT molecular complexity index is 827. The van der Waals surface area contributed by atoms with Gasteiger partial charge in [-0.05, 0) is 30.0 Å². The number of ether oxygens (including phenoxy) is 1. The Morgan fingerprint density at radius 3 is 2.61 bits per heavy atom.